The van der Waals surface area contributed by atoms with Crippen molar-refractivity contribution >= 4 is 23.4 Å². The Balaban J connectivity index is 2.08. The Morgan fingerprint density at radius 3 is 2.45 bits per heavy atom. The lowest BCUT2D eigenvalue weighted by Gasteiger charge is -2.19. The third-order valence-corrected chi connectivity index (χ3v) is 4.72. The van der Waals surface area contributed by atoms with E-state index >= 15 is 0 Å². The molecule has 1 aliphatic rings. The molecule has 0 amide bonds. The van der Waals surface area contributed by atoms with Gasteiger partial charge in [0.1, 0.15) is 0 Å². The Morgan fingerprint density at radius 1 is 1.14 bits per heavy atom. The molecule has 0 bridgehead atoms. The minimum Gasteiger partial charge on any atom is -0.481 e. The van der Waals surface area contributed by atoms with E-state index < -0.39 is 11.4 Å². The van der Waals surface area contributed by atoms with Crippen molar-refractivity contribution in [2.75, 3.05) is 0 Å². The molecule has 0 radical (unpaired) electrons. The number of benzene rings is 2. The monoisotopic (exact) mass is 314 g/mol. The number of hydrogen-bond acceptors (Lipinski definition) is 2. The molecule has 3 nitrogen and oxygen atoms in total. The number of aliphatic carboxylic acids is 1. The molecule has 0 heterocycles. The number of rotatable bonds is 3. The number of fused-ring (bicyclic) bond motifs is 1. The van der Waals surface area contributed by atoms with E-state index in [0.717, 1.165) is 11.1 Å². The van der Waals surface area contributed by atoms with Crippen molar-refractivity contribution in [2.45, 2.75) is 25.2 Å². The molecule has 4 heteroatoms. The average Bonchev–Trinajstić information content (AvgIpc) is 2.86. The zero-order valence-corrected chi connectivity index (χ0v) is 12.9. The van der Waals surface area contributed by atoms with Crippen LogP contribution in [0.1, 0.15) is 40.4 Å². The normalized spacial score (nSPS) is 19.7. The standard InChI is InChI=1S/C18H15ClO3/c1-18(17(21)22)10-9-13-14(3-2-4-15(13)18)16(20)11-5-7-12(19)8-6-11/h2-8H,9-10H2,1H3,(H,21,22). The summed E-state index contributed by atoms with van der Waals surface area (Å²) in [7, 11) is 0. The average molecular weight is 315 g/mol. The first-order chi connectivity index (χ1) is 10.4. The van der Waals surface area contributed by atoms with E-state index in [4.69, 9.17) is 11.6 Å². The highest BCUT2D eigenvalue weighted by Crippen LogP contribution is 2.40. The maximum Gasteiger partial charge on any atom is 0.313 e. The van der Waals surface area contributed by atoms with E-state index in [1.54, 1.807) is 43.3 Å². The summed E-state index contributed by atoms with van der Waals surface area (Å²) < 4.78 is 0. The summed E-state index contributed by atoms with van der Waals surface area (Å²) in [5.74, 6) is -0.939. The Morgan fingerprint density at radius 2 is 1.82 bits per heavy atom. The van der Waals surface area contributed by atoms with Gasteiger partial charge in [0, 0.05) is 16.1 Å². The Kier molecular flexibility index (Phi) is 3.53. The fourth-order valence-electron chi connectivity index (χ4n) is 3.07. The highest BCUT2D eigenvalue weighted by atomic mass is 35.5. The number of carboxylic acids is 1. The van der Waals surface area contributed by atoms with Gasteiger partial charge in [-0.25, -0.2) is 0 Å². The predicted octanol–water partition coefficient (Wildman–Crippen LogP) is 3.86. The van der Waals surface area contributed by atoms with Gasteiger partial charge < -0.3 is 5.11 Å². The van der Waals surface area contributed by atoms with Crippen LogP contribution in [0, 0.1) is 0 Å². The molecule has 1 aliphatic carbocycles. The fraction of sp³-hybridized carbons (Fsp3) is 0.222. The van der Waals surface area contributed by atoms with Crippen molar-refractivity contribution in [3.63, 3.8) is 0 Å². The van der Waals surface area contributed by atoms with E-state index in [2.05, 4.69) is 0 Å². The summed E-state index contributed by atoms with van der Waals surface area (Å²) in [5, 5.41) is 10.1. The largest absolute Gasteiger partial charge is 0.481 e. The van der Waals surface area contributed by atoms with Crippen LogP contribution in [-0.2, 0) is 16.6 Å². The van der Waals surface area contributed by atoms with Crippen LogP contribution in [0.3, 0.4) is 0 Å². The first kappa shape index (κ1) is 14.8. The SMILES string of the molecule is CC1(C(=O)O)CCc2c(C(=O)c3ccc(Cl)cc3)cccc21. The first-order valence-corrected chi connectivity index (χ1v) is 7.47. The minimum atomic E-state index is -0.911. The number of carbonyl (C=O) groups is 2. The molecule has 1 N–H and O–H groups in total. The minimum absolute atomic E-state index is 0.0943. The molecule has 0 aromatic heterocycles. The summed E-state index contributed by atoms with van der Waals surface area (Å²) in [5.41, 5.74) is 1.84. The lowest BCUT2D eigenvalue weighted by atomic mass is 9.83. The van der Waals surface area contributed by atoms with Crippen molar-refractivity contribution in [3.05, 3.63) is 69.7 Å². The van der Waals surface area contributed by atoms with E-state index in [1.165, 1.54) is 0 Å². The van der Waals surface area contributed by atoms with Crippen LogP contribution in [0.2, 0.25) is 5.02 Å². The Labute approximate surface area is 133 Å². The van der Waals surface area contributed by atoms with Crippen LogP contribution < -0.4 is 0 Å². The summed E-state index contributed by atoms with van der Waals surface area (Å²) in [6.07, 6.45) is 1.12. The third-order valence-electron chi connectivity index (χ3n) is 4.47. The van der Waals surface area contributed by atoms with Gasteiger partial charge in [-0.1, -0.05) is 29.8 Å². The molecule has 0 saturated heterocycles. The van der Waals surface area contributed by atoms with E-state index in [9.17, 15) is 14.7 Å². The summed E-state index contributed by atoms with van der Waals surface area (Å²) in [4.78, 5) is 24.3. The number of ketones is 1. The highest BCUT2D eigenvalue weighted by molar-refractivity contribution is 6.30. The summed E-state index contributed by atoms with van der Waals surface area (Å²) in [6, 6.07) is 12.1. The summed E-state index contributed by atoms with van der Waals surface area (Å²) >= 11 is 5.85. The first-order valence-electron chi connectivity index (χ1n) is 7.09. The van der Waals surface area contributed by atoms with Crippen molar-refractivity contribution < 1.29 is 14.7 Å². The second kappa shape index (κ2) is 5.25. The topological polar surface area (TPSA) is 54.4 Å². The molecule has 2 aromatic carbocycles. The summed E-state index contributed by atoms with van der Waals surface area (Å²) in [6.45, 7) is 1.72. The van der Waals surface area contributed by atoms with Crippen LogP contribution in [0.4, 0.5) is 0 Å². The van der Waals surface area contributed by atoms with Gasteiger partial charge >= 0.3 is 5.97 Å². The van der Waals surface area contributed by atoms with Crippen molar-refractivity contribution in [1.29, 1.82) is 0 Å². The van der Waals surface area contributed by atoms with Crippen LogP contribution in [-0.4, -0.2) is 16.9 Å². The fourth-order valence-corrected chi connectivity index (χ4v) is 3.20. The van der Waals surface area contributed by atoms with Gasteiger partial charge in [-0.15, -0.1) is 0 Å². The Hall–Kier alpha value is -2.13. The van der Waals surface area contributed by atoms with Gasteiger partial charge in [0.15, 0.2) is 5.78 Å². The highest BCUT2D eigenvalue weighted by Gasteiger charge is 2.42. The molecule has 0 spiro atoms. The number of carbonyl (C=O) groups excluding carboxylic acids is 1. The molecule has 112 valence electrons. The second-order valence-corrected chi connectivity index (χ2v) is 6.24. The molecular formula is C18H15ClO3. The maximum atomic E-state index is 12.7. The van der Waals surface area contributed by atoms with Gasteiger partial charge in [-0.3, -0.25) is 9.59 Å². The van der Waals surface area contributed by atoms with Crippen LogP contribution in [0.15, 0.2) is 42.5 Å². The smallest absolute Gasteiger partial charge is 0.313 e. The van der Waals surface area contributed by atoms with Gasteiger partial charge in [-0.05, 0) is 55.2 Å². The van der Waals surface area contributed by atoms with Crippen LogP contribution in [0.25, 0.3) is 0 Å². The quantitative estimate of drug-likeness (QED) is 0.875. The van der Waals surface area contributed by atoms with Gasteiger partial charge in [0.25, 0.3) is 0 Å². The molecule has 0 saturated carbocycles. The van der Waals surface area contributed by atoms with Gasteiger partial charge in [-0.2, -0.15) is 0 Å². The van der Waals surface area contributed by atoms with Gasteiger partial charge in [0.05, 0.1) is 5.41 Å². The molecule has 1 unspecified atom stereocenters. The number of carboxylic acid groups (broad SMARTS) is 1. The number of hydrogen-bond donors (Lipinski definition) is 1. The lowest BCUT2D eigenvalue weighted by Crippen LogP contribution is -2.29. The molecular weight excluding hydrogens is 300 g/mol. The van der Waals surface area contributed by atoms with Crippen molar-refractivity contribution in [3.8, 4) is 0 Å². The zero-order valence-electron chi connectivity index (χ0n) is 12.1. The molecule has 22 heavy (non-hydrogen) atoms. The lowest BCUT2D eigenvalue weighted by molar-refractivity contribution is -0.143. The zero-order chi connectivity index (χ0) is 15.9. The predicted molar refractivity (Wildman–Crippen MR) is 84.6 cm³/mol. The van der Waals surface area contributed by atoms with E-state index in [0.29, 0.717) is 29.0 Å². The molecule has 2 aromatic rings. The van der Waals surface area contributed by atoms with Crippen LogP contribution in [0.5, 0.6) is 0 Å². The van der Waals surface area contributed by atoms with E-state index in [1.807, 2.05) is 6.07 Å². The second-order valence-electron chi connectivity index (χ2n) is 5.80. The van der Waals surface area contributed by atoms with Crippen LogP contribution >= 0.6 is 11.6 Å². The van der Waals surface area contributed by atoms with E-state index in [-0.39, 0.29) is 5.78 Å². The molecule has 1 atom stereocenters. The molecule has 0 fully saturated rings. The Bertz CT molecular complexity index is 764. The van der Waals surface area contributed by atoms with Crippen molar-refractivity contribution in [1.82, 2.24) is 0 Å². The molecule has 0 aliphatic heterocycles. The van der Waals surface area contributed by atoms with Crippen molar-refractivity contribution in [2.24, 2.45) is 0 Å². The molecule has 3 rings (SSSR count). The maximum absolute atomic E-state index is 12.7. The third kappa shape index (κ3) is 2.22. The van der Waals surface area contributed by atoms with Gasteiger partial charge in [0.2, 0.25) is 0 Å². The number of halogens is 1.